The molecule has 0 saturated heterocycles. The molecular formula is C14H23ClN2O. The molecule has 4 heteroatoms. The Morgan fingerprint density at radius 2 is 2.17 bits per heavy atom. The van der Waals surface area contributed by atoms with Crippen LogP contribution in [0.4, 0.5) is 5.69 Å². The quantitative estimate of drug-likeness (QED) is 0.775. The molecule has 2 N–H and O–H groups in total. The molecule has 1 aromatic rings. The van der Waals surface area contributed by atoms with Gasteiger partial charge < -0.3 is 15.4 Å². The Bertz CT molecular complexity index is 369. The minimum absolute atomic E-state index is 0.159. The van der Waals surface area contributed by atoms with Crippen molar-refractivity contribution in [3.05, 3.63) is 28.8 Å². The summed E-state index contributed by atoms with van der Waals surface area (Å²) in [6.07, 6.45) is 1.85. The van der Waals surface area contributed by atoms with Gasteiger partial charge in [-0.05, 0) is 37.5 Å². The summed E-state index contributed by atoms with van der Waals surface area (Å²) in [6.45, 7) is 3.70. The maximum absolute atomic E-state index is 6.31. The lowest BCUT2D eigenvalue weighted by molar-refractivity contribution is 0.196. The van der Waals surface area contributed by atoms with Gasteiger partial charge in [-0.15, -0.1) is 0 Å². The van der Waals surface area contributed by atoms with E-state index in [4.69, 9.17) is 22.1 Å². The Morgan fingerprint density at radius 3 is 2.72 bits per heavy atom. The van der Waals surface area contributed by atoms with E-state index in [1.807, 2.05) is 20.0 Å². The number of nitrogens with two attached hydrogens (primary N) is 1. The molecular weight excluding hydrogens is 248 g/mol. The van der Waals surface area contributed by atoms with Crippen LogP contribution in [0.15, 0.2) is 18.2 Å². The summed E-state index contributed by atoms with van der Waals surface area (Å²) in [5.74, 6) is 0. The zero-order valence-corrected chi connectivity index (χ0v) is 12.2. The fraction of sp³-hybridized carbons (Fsp3) is 0.571. The maximum atomic E-state index is 6.31. The Hall–Kier alpha value is -0.770. The van der Waals surface area contributed by atoms with Gasteiger partial charge in [-0.1, -0.05) is 17.7 Å². The van der Waals surface area contributed by atoms with Gasteiger partial charge in [0.15, 0.2) is 0 Å². The van der Waals surface area contributed by atoms with E-state index in [1.54, 1.807) is 7.11 Å². The zero-order valence-electron chi connectivity index (χ0n) is 11.4. The van der Waals surface area contributed by atoms with Gasteiger partial charge in [-0.25, -0.2) is 0 Å². The van der Waals surface area contributed by atoms with Crippen molar-refractivity contribution in [1.29, 1.82) is 0 Å². The highest BCUT2D eigenvalue weighted by molar-refractivity contribution is 6.33. The first-order valence-corrected chi connectivity index (χ1v) is 6.66. The molecule has 0 heterocycles. The van der Waals surface area contributed by atoms with Crippen molar-refractivity contribution in [3.8, 4) is 0 Å². The summed E-state index contributed by atoms with van der Waals surface area (Å²) >= 11 is 6.31. The van der Waals surface area contributed by atoms with Gasteiger partial charge in [-0.3, -0.25) is 0 Å². The van der Waals surface area contributed by atoms with Crippen molar-refractivity contribution in [2.45, 2.75) is 25.8 Å². The highest BCUT2D eigenvalue weighted by atomic mass is 35.5. The van der Waals surface area contributed by atoms with Crippen LogP contribution in [0.25, 0.3) is 0 Å². The van der Waals surface area contributed by atoms with Gasteiger partial charge in [-0.2, -0.15) is 0 Å². The maximum Gasteiger partial charge on any atom is 0.0642 e. The van der Waals surface area contributed by atoms with E-state index >= 15 is 0 Å². The topological polar surface area (TPSA) is 38.5 Å². The first kappa shape index (κ1) is 15.3. The van der Waals surface area contributed by atoms with Crippen LogP contribution in [0.1, 0.15) is 18.9 Å². The van der Waals surface area contributed by atoms with E-state index in [2.05, 4.69) is 17.0 Å². The summed E-state index contributed by atoms with van der Waals surface area (Å²) in [6, 6.07) is 6.32. The standard InChI is InChI=1S/C14H23ClN2O/c1-11(16)9-12-5-6-14(13(15)10-12)17(2)7-4-8-18-3/h5-6,10-11H,4,7-9,16H2,1-3H3. The molecule has 3 nitrogen and oxygen atoms in total. The number of ether oxygens (including phenoxy) is 1. The molecule has 0 aromatic heterocycles. The third kappa shape index (κ3) is 4.84. The fourth-order valence-corrected chi connectivity index (χ4v) is 2.27. The summed E-state index contributed by atoms with van der Waals surface area (Å²) in [7, 11) is 3.76. The Kier molecular flexibility index (Phi) is 6.47. The molecule has 1 atom stereocenters. The van der Waals surface area contributed by atoms with Crippen molar-refractivity contribution >= 4 is 17.3 Å². The minimum atomic E-state index is 0.159. The molecule has 0 bridgehead atoms. The summed E-state index contributed by atoms with van der Waals surface area (Å²) < 4.78 is 5.05. The lowest BCUT2D eigenvalue weighted by atomic mass is 10.1. The third-order valence-electron chi connectivity index (χ3n) is 2.82. The second-order valence-corrected chi connectivity index (χ2v) is 5.14. The first-order valence-electron chi connectivity index (χ1n) is 6.28. The van der Waals surface area contributed by atoms with Crippen LogP contribution < -0.4 is 10.6 Å². The van der Waals surface area contributed by atoms with Crippen LogP contribution in [0.3, 0.4) is 0 Å². The molecule has 18 heavy (non-hydrogen) atoms. The third-order valence-corrected chi connectivity index (χ3v) is 3.13. The fourth-order valence-electron chi connectivity index (χ4n) is 1.93. The van der Waals surface area contributed by atoms with Gasteiger partial charge in [0.1, 0.15) is 0 Å². The summed E-state index contributed by atoms with van der Waals surface area (Å²) in [4.78, 5) is 2.15. The van der Waals surface area contributed by atoms with Crippen molar-refractivity contribution < 1.29 is 4.74 Å². The minimum Gasteiger partial charge on any atom is -0.385 e. The molecule has 0 fully saturated rings. The van der Waals surface area contributed by atoms with Crippen molar-refractivity contribution in [2.24, 2.45) is 5.73 Å². The molecule has 0 aliphatic carbocycles. The molecule has 0 saturated carbocycles. The number of hydrogen-bond donors (Lipinski definition) is 1. The highest BCUT2D eigenvalue weighted by Crippen LogP contribution is 2.26. The lowest BCUT2D eigenvalue weighted by Crippen LogP contribution is -2.20. The van der Waals surface area contributed by atoms with E-state index in [0.717, 1.165) is 36.7 Å². The average Bonchev–Trinajstić information content (AvgIpc) is 2.28. The number of nitrogens with zero attached hydrogens (tertiary/aromatic N) is 1. The predicted octanol–water partition coefficient (Wildman–Crippen LogP) is 2.70. The van der Waals surface area contributed by atoms with Gasteiger partial charge in [0, 0.05) is 33.4 Å². The van der Waals surface area contributed by atoms with Crippen LogP contribution in [-0.2, 0) is 11.2 Å². The number of anilines is 1. The second-order valence-electron chi connectivity index (χ2n) is 4.74. The largest absolute Gasteiger partial charge is 0.385 e. The molecule has 1 unspecified atom stereocenters. The molecule has 0 aliphatic rings. The van der Waals surface area contributed by atoms with Crippen LogP contribution in [0.5, 0.6) is 0 Å². The smallest absolute Gasteiger partial charge is 0.0642 e. The van der Waals surface area contributed by atoms with Crippen molar-refractivity contribution in [3.63, 3.8) is 0 Å². The summed E-state index contributed by atoms with van der Waals surface area (Å²) in [5.41, 5.74) is 8.03. The normalized spacial score (nSPS) is 12.5. The van der Waals surface area contributed by atoms with E-state index in [-0.39, 0.29) is 6.04 Å². The van der Waals surface area contributed by atoms with Crippen LogP contribution >= 0.6 is 11.6 Å². The Labute approximate surface area is 115 Å². The van der Waals surface area contributed by atoms with E-state index in [1.165, 1.54) is 5.56 Å². The van der Waals surface area contributed by atoms with Gasteiger partial charge in [0.2, 0.25) is 0 Å². The van der Waals surface area contributed by atoms with E-state index in [0.29, 0.717) is 0 Å². The molecule has 0 amide bonds. The number of rotatable bonds is 7. The van der Waals surface area contributed by atoms with Crippen molar-refractivity contribution in [2.75, 3.05) is 32.2 Å². The molecule has 1 rings (SSSR count). The number of hydrogen-bond acceptors (Lipinski definition) is 3. The second kappa shape index (κ2) is 7.62. The lowest BCUT2D eigenvalue weighted by Gasteiger charge is -2.21. The van der Waals surface area contributed by atoms with Gasteiger partial charge >= 0.3 is 0 Å². The molecule has 102 valence electrons. The first-order chi connectivity index (χ1) is 8.54. The Morgan fingerprint density at radius 1 is 1.44 bits per heavy atom. The van der Waals surface area contributed by atoms with Gasteiger partial charge in [0.25, 0.3) is 0 Å². The monoisotopic (exact) mass is 270 g/mol. The summed E-state index contributed by atoms with van der Waals surface area (Å²) in [5, 5.41) is 0.785. The number of benzene rings is 1. The van der Waals surface area contributed by atoms with E-state index < -0.39 is 0 Å². The number of methoxy groups -OCH3 is 1. The molecule has 0 radical (unpaired) electrons. The molecule has 1 aromatic carbocycles. The number of halogens is 1. The molecule has 0 aliphatic heterocycles. The van der Waals surface area contributed by atoms with Crippen LogP contribution in [0, 0.1) is 0 Å². The zero-order chi connectivity index (χ0) is 13.5. The van der Waals surface area contributed by atoms with Gasteiger partial charge in [0.05, 0.1) is 10.7 Å². The SMILES string of the molecule is COCCCN(C)c1ccc(CC(C)N)cc1Cl. The predicted molar refractivity (Wildman–Crippen MR) is 78.6 cm³/mol. The Balaban J connectivity index is 2.66. The van der Waals surface area contributed by atoms with E-state index in [9.17, 15) is 0 Å². The molecule has 0 spiro atoms. The highest BCUT2D eigenvalue weighted by Gasteiger charge is 2.07. The van der Waals surface area contributed by atoms with Crippen molar-refractivity contribution in [1.82, 2.24) is 0 Å². The van der Waals surface area contributed by atoms with Crippen LogP contribution in [0.2, 0.25) is 5.02 Å². The average molecular weight is 271 g/mol. The van der Waals surface area contributed by atoms with Crippen LogP contribution in [-0.4, -0.2) is 33.4 Å².